The van der Waals surface area contributed by atoms with Gasteiger partial charge in [0.05, 0.1) is 5.25 Å². The van der Waals surface area contributed by atoms with Crippen molar-refractivity contribution in [3.05, 3.63) is 0 Å². The van der Waals surface area contributed by atoms with Crippen molar-refractivity contribution in [3.63, 3.8) is 0 Å². The summed E-state index contributed by atoms with van der Waals surface area (Å²) in [7, 11) is -3.22. The standard InChI is InChI=1S/C10H16O4S/c11-10(8-1-2-8)7-15(12,13)9-3-5-14-6-4-9/h8-9H,1-7H2. The van der Waals surface area contributed by atoms with Crippen LogP contribution in [0.5, 0.6) is 0 Å². The predicted molar refractivity (Wildman–Crippen MR) is 55.4 cm³/mol. The molecule has 2 rings (SSSR count). The molecule has 86 valence electrons. The number of carbonyl (C=O) groups is 1. The quantitative estimate of drug-likeness (QED) is 0.710. The molecule has 2 aliphatic rings. The van der Waals surface area contributed by atoms with Gasteiger partial charge in [-0.3, -0.25) is 4.79 Å². The maximum absolute atomic E-state index is 11.9. The fraction of sp³-hybridized carbons (Fsp3) is 0.900. The largest absolute Gasteiger partial charge is 0.381 e. The zero-order chi connectivity index (χ0) is 10.9. The van der Waals surface area contributed by atoms with E-state index in [0.717, 1.165) is 12.8 Å². The summed E-state index contributed by atoms with van der Waals surface area (Å²) in [6, 6.07) is 0. The Hall–Kier alpha value is -0.420. The van der Waals surface area contributed by atoms with Gasteiger partial charge in [-0.25, -0.2) is 8.42 Å². The Morgan fingerprint density at radius 3 is 2.27 bits per heavy atom. The lowest BCUT2D eigenvalue weighted by atomic mass is 10.2. The summed E-state index contributed by atoms with van der Waals surface area (Å²) in [4.78, 5) is 11.5. The van der Waals surface area contributed by atoms with E-state index in [1.54, 1.807) is 0 Å². The third-order valence-corrected chi connectivity index (χ3v) is 5.23. The second kappa shape index (κ2) is 4.22. The van der Waals surface area contributed by atoms with Gasteiger partial charge in [-0.15, -0.1) is 0 Å². The molecule has 15 heavy (non-hydrogen) atoms. The highest BCUT2D eigenvalue weighted by Gasteiger charge is 2.36. The van der Waals surface area contributed by atoms with Gasteiger partial charge in [0.25, 0.3) is 0 Å². The zero-order valence-corrected chi connectivity index (χ0v) is 9.46. The third kappa shape index (κ3) is 2.78. The highest BCUT2D eigenvalue weighted by atomic mass is 32.2. The van der Waals surface area contributed by atoms with Crippen molar-refractivity contribution < 1.29 is 17.9 Å². The molecule has 2 fully saturated rings. The number of hydrogen-bond acceptors (Lipinski definition) is 4. The lowest BCUT2D eigenvalue weighted by Gasteiger charge is -2.21. The van der Waals surface area contributed by atoms with Gasteiger partial charge in [0, 0.05) is 19.1 Å². The molecule has 0 spiro atoms. The average Bonchev–Trinajstić information content (AvgIpc) is 3.01. The number of carbonyl (C=O) groups excluding carboxylic acids is 1. The number of sulfone groups is 1. The number of Topliss-reactive ketones (excluding diaryl/α,β-unsaturated/α-hetero) is 1. The molecule has 1 aliphatic carbocycles. The minimum Gasteiger partial charge on any atom is -0.381 e. The molecule has 1 saturated carbocycles. The van der Waals surface area contributed by atoms with E-state index in [1.807, 2.05) is 0 Å². The van der Waals surface area contributed by atoms with Crippen molar-refractivity contribution in [1.82, 2.24) is 0 Å². The van der Waals surface area contributed by atoms with Gasteiger partial charge in [0.1, 0.15) is 5.75 Å². The molecule has 1 saturated heterocycles. The van der Waals surface area contributed by atoms with Crippen molar-refractivity contribution >= 4 is 15.6 Å². The second-order valence-electron chi connectivity index (χ2n) is 4.36. The fourth-order valence-corrected chi connectivity index (χ4v) is 3.65. The van der Waals surface area contributed by atoms with Crippen LogP contribution in [0.15, 0.2) is 0 Å². The van der Waals surface area contributed by atoms with Crippen LogP contribution in [0.25, 0.3) is 0 Å². The van der Waals surface area contributed by atoms with Crippen LogP contribution in [-0.2, 0) is 19.4 Å². The van der Waals surface area contributed by atoms with Gasteiger partial charge >= 0.3 is 0 Å². The summed E-state index contributed by atoms with van der Waals surface area (Å²) in [6.07, 6.45) is 2.84. The first-order chi connectivity index (χ1) is 7.09. The first-order valence-electron chi connectivity index (χ1n) is 5.41. The first kappa shape index (κ1) is 11.1. The van der Waals surface area contributed by atoms with Crippen LogP contribution in [0.2, 0.25) is 0 Å². The molecule has 5 heteroatoms. The van der Waals surface area contributed by atoms with E-state index >= 15 is 0 Å². The van der Waals surface area contributed by atoms with Crippen LogP contribution in [0.1, 0.15) is 25.7 Å². The van der Waals surface area contributed by atoms with Gasteiger partial charge in [-0.05, 0) is 25.7 Å². The van der Waals surface area contributed by atoms with E-state index < -0.39 is 9.84 Å². The maximum atomic E-state index is 11.9. The SMILES string of the molecule is O=C(CS(=O)(=O)C1CCOCC1)C1CC1. The molecule has 1 aliphatic heterocycles. The molecule has 0 unspecified atom stereocenters. The van der Waals surface area contributed by atoms with Gasteiger partial charge in [-0.2, -0.15) is 0 Å². The van der Waals surface area contributed by atoms with Gasteiger partial charge in [0.15, 0.2) is 15.6 Å². The van der Waals surface area contributed by atoms with Gasteiger partial charge in [0.2, 0.25) is 0 Å². The van der Waals surface area contributed by atoms with E-state index in [0.29, 0.717) is 26.1 Å². The van der Waals surface area contributed by atoms with E-state index in [9.17, 15) is 13.2 Å². The monoisotopic (exact) mass is 232 g/mol. The molecule has 1 heterocycles. The molecule has 0 bridgehead atoms. The van der Waals surface area contributed by atoms with Crippen LogP contribution in [0, 0.1) is 5.92 Å². The Balaban J connectivity index is 1.95. The molecule has 0 radical (unpaired) electrons. The number of ketones is 1. The molecule has 0 aromatic rings. The molecule has 0 atom stereocenters. The highest BCUT2D eigenvalue weighted by molar-refractivity contribution is 7.92. The molecule has 0 amide bonds. The predicted octanol–water partition coefficient (Wildman–Crippen LogP) is 0.559. The van der Waals surface area contributed by atoms with Crippen molar-refractivity contribution in [1.29, 1.82) is 0 Å². The Morgan fingerprint density at radius 1 is 1.13 bits per heavy atom. The topological polar surface area (TPSA) is 60.4 Å². The summed E-state index contributed by atoms with van der Waals surface area (Å²) in [6.45, 7) is 1.00. The van der Waals surface area contributed by atoms with E-state index in [4.69, 9.17) is 4.74 Å². The Labute approximate surface area is 89.9 Å². The summed E-state index contributed by atoms with van der Waals surface area (Å²) in [5.41, 5.74) is 0. The Kier molecular flexibility index (Phi) is 3.11. The molecular formula is C10H16O4S. The fourth-order valence-electron chi connectivity index (χ4n) is 1.87. The van der Waals surface area contributed by atoms with Crippen LogP contribution in [0.3, 0.4) is 0 Å². The van der Waals surface area contributed by atoms with Gasteiger partial charge in [-0.1, -0.05) is 0 Å². The number of hydrogen-bond donors (Lipinski definition) is 0. The summed E-state index contributed by atoms with van der Waals surface area (Å²) in [5.74, 6) is -0.288. The van der Waals surface area contributed by atoms with Crippen molar-refractivity contribution in [2.45, 2.75) is 30.9 Å². The highest BCUT2D eigenvalue weighted by Crippen LogP contribution is 2.31. The number of rotatable bonds is 4. The molecular weight excluding hydrogens is 216 g/mol. The lowest BCUT2D eigenvalue weighted by Crippen LogP contribution is -2.33. The smallest absolute Gasteiger partial charge is 0.160 e. The zero-order valence-electron chi connectivity index (χ0n) is 8.65. The van der Waals surface area contributed by atoms with E-state index in [-0.39, 0.29) is 22.7 Å². The van der Waals surface area contributed by atoms with Crippen LogP contribution in [0.4, 0.5) is 0 Å². The summed E-state index contributed by atoms with van der Waals surface area (Å²) < 4.78 is 28.8. The third-order valence-electron chi connectivity index (χ3n) is 3.05. The molecule has 0 aromatic heterocycles. The summed E-state index contributed by atoms with van der Waals surface area (Å²) >= 11 is 0. The van der Waals surface area contributed by atoms with Crippen molar-refractivity contribution in [2.24, 2.45) is 5.92 Å². The van der Waals surface area contributed by atoms with Gasteiger partial charge < -0.3 is 4.74 Å². The maximum Gasteiger partial charge on any atom is 0.160 e. The second-order valence-corrected chi connectivity index (χ2v) is 6.64. The van der Waals surface area contributed by atoms with Crippen LogP contribution in [-0.4, -0.2) is 38.4 Å². The molecule has 0 N–H and O–H groups in total. The van der Waals surface area contributed by atoms with E-state index in [2.05, 4.69) is 0 Å². The van der Waals surface area contributed by atoms with Crippen LogP contribution < -0.4 is 0 Å². The normalized spacial score (nSPS) is 24.0. The van der Waals surface area contributed by atoms with Crippen molar-refractivity contribution in [2.75, 3.05) is 19.0 Å². The Morgan fingerprint density at radius 2 is 1.73 bits per heavy atom. The molecule has 4 nitrogen and oxygen atoms in total. The van der Waals surface area contributed by atoms with Crippen molar-refractivity contribution in [3.8, 4) is 0 Å². The number of ether oxygens (including phenoxy) is 1. The average molecular weight is 232 g/mol. The molecule has 0 aromatic carbocycles. The lowest BCUT2D eigenvalue weighted by molar-refractivity contribution is -0.117. The van der Waals surface area contributed by atoms with Crippen LogP contribution >= 0.6 is 0 Å². The minimum absolute atomic E-state index is 0.0413. The first-order valence-corrected chi connectivity index (χ1v) is 7.13. The van der Waals surface area contributed by atoms with E-state index in [1.165, 1.54) is 0 Å². The summed E-state index contributed by atoms with van der Waals surface area (Å²) in [5, 5.41) is -0.353. The minimum atomic E-state index is -3.22. The Bertz CT molecular complexity index is 336.